The minimum Gasteiger partial charge on any atom is -0.504 e. The van der Waals surface area contributed by atoms with E-state index in [1.54, 1.807) is 6.07 Å². The number of anilines is 2. The normalized spacial score (nSPS) is 14.6. The summed E-state index contributed by atoms with van der Waals surface area (Å²) in [5, 5.41) is 20.2. The van der Waals surface area contributed by atoms with Crippen LogP contribution in [-0.2, 0) is 6.42 Å². The van der Waals surface area contributed by atoms with Gasteiger partial charge < -0.3 is 15.1 Å². The van der Waals surface area contributed by atoms with E-state index in [-0.39, 0.29) is 11.5 Å². The Bertz CT molecular complexity index is 643. The van der Waals surface area contributed by atoms with Gasteiger partial charge in [-0.3, -0.25) is 0 Å². The largest absolute Gasteiger partial charge is 0.504 e. The smallest absolute Gasteiger partial charge is 0.171 e. The van der Waals surface area contributed by atoms with Crippen LogP contribution in [0.4, 0.5) is 11.4 Å². The number of nitrogens with zero attached hydrogens (tertiary/aromatic N) is 1. The van der Waals surface area contributed by atoms with Gasteiger partial charge in [-0.1, -0.05) is 18.2 Å². The molecule has 110 valence electrons. The minimum absolute atomic E-state index is 0.0103. The van der Waals surface area contributed by atoms with Gasteiger partial charge in [0.1, 0.15) is 0 Å². The fraction of sp³-hybridized carbons (Fsp3) is 0.294. The fourth-order valence-corrected chi connectivity index (χ4v) is 3.68. The standard InChI is InChI=1S/C17H19NO2S/c1-21-17-13-9-5-6-10-18(12-7-3-2-4-8-12)14(13)11-15(19)16(17)20/h2-4,7-8,11,19-20H,5-6,9-10H2,1H3. The Labute approximate surface area is 129 Å². The summed E-state index contributed by atoms with van der Waals surface area (Å²) in [6.45, 7) is 0.926. The van der Waals surface area contributed by atoms with Gasteiger partial charge in [-0.25, -0.2) is 0 Å². The molecule has 2 aromatic carbocycles. The maximum atomic E-state index is 10.1. The van der Waals surface area contributed by atoms with E-state index < -0.39 is 0 Å². The molecule has 0 unspecified atom stereocenters. The number of rotatable bonds is 2. The monoisotopic (exact) mass is 301 g/mol. The van der Waals surface area contributed by atoms with E-state index >= 15 is 0 Å². The third-order valence-electron chi connectivity index (χ3n) is 3.94. The number of fused-ring (bicyclic) bond motifs is 1. The number of hydrogen-bond donors (Lipinski definition) is 2. The molecular weight excluding hydrogens is 282 g/mol. The molecular formula is C17H19NO2S. The SMILES string of the molecule is CSc1c(O)c(O)cc2c1CCCCN2c1ccccc1. The topological polar surface area (TPSA) is 43.7 Å². The maximum absolute atomic E-state index is 10.1. The Morgan fingerprint density at radius 3 is 2.57 bits per heavy atom. The van der Waals surface area contributed by atoms with Gasteiger partial charge in [-0.15, -0.1) is 11.8 Å². The Hall–Kier alpha value is -1.81. The van der Waals surface area contributed by atoms with Crippen molar-refractivity contribution >= 4 is 23.1 Å². The van der Waals surface area contributed by atoms with Gasteiger partial charge in [0.25, 0.3) is 0 Å². The Kier molecular flexibility index (Phi) is 3.97. The summed E-state index contributed by atoms with van der Waals surface area (Å²) in [5.74, 6) is -0.0305. The van der Waals surface area contributed by atoms with Crippen molar-refractivity contribution in [3.63, 3.8) is 0 Å². The molecule has 1 aliphatic heterocycles. The zero-order chi connectivity index (χ0) is 14.8. The number of hydrogen-bond acceptors (Lipinski definition) is 4. The molecule has 2 N–H and O–H groups in total. The molecule has 0 aromatic heterocycles. The Morgan fingerprint density at radius 2 is 1.86 bits per heavy atom. The van der Waals surface area contributed by atoms with Gasteiger partial charge >= 0.3 is 0 Å². The first-order valence-electron chi connectivity index (χ1n) is 7.16. The van der Waals surface area contributed by atoms with Gasteiger partial charge in [0.2, 0.25) is 0 Å². The Balaban J connectivity index is 2.18. The van der Waals surface area contributed by atoms with E-state index in [1.807, 2.05) is 24.5 Å². The first-order valence-corrected chi connectivity index (χ1v) is 8.39. The highest BCUT2D eigenvalue weighted by Crippen LogP contribution is 2.46. The predicted molar refractivity (Wildman–Crippen MR) is 87.9 cm³/mol. The number of benzene rings is 2. The third-order valence-corrected chi connectivity index (χ3v) is 4.78. The number of para-hydroxylation sites is 1. The second-order valence-electron chi connectivity index (χ2n) is 5.22. The zero-order valence-electron chi connectivity index (χ0n) is 12.0. The van der Waals surface area contributed by atoms with Crippen LogP contribution in [0.3, 0.4) is 0 Å². The van der Waals surface area contributed by atoms with Gasteiger partial charge in [0, 0.05) is 24.0 Å². The molecule has 1 aliphatic rings. The fourth-order valence-electron chi connectivity index (χ4n) is 2.93. The van der Waals surface area contributed by atoms with E-state index in [1.165, 1.54) is 11.8 Å². The van der Waals surface area contributed by atoms with Crippen LogP contribution in [0, 0.1) is 0 Å². The predicted octanol–water partition coefficient (Wildman–Crippen LogP) is 4.29. The van der Waals surface area contributed by atoms with E-state index in [2.05, 4.69) is 17.0 Å². The molecule has 3 rings (SSSR count). The molecule has 0 fully saturated rings. The van der Waals surface area contributed by atoms with Crippen molar-refractivity contribution in [1.29, 1.82) is 0 Å². The average molecular weight is 301 g/mol. The summed E-state index contributed by atoms with van der Waals surface area (Å²) in [6.07, 6.45) is 5.06. The van der Waals surface area contributed by atoms with Crippen molar-refractivity contribution < 1.29 is 10.2 Å². The van der Waals surface area contributed by atoms with E-state index in [4.69, 9.17) is 0 Å². The van der Waals surface area contributed by atoms with E-state index in [9.17, 15) is 10.2 Å². The van der Waals surface area contributed by atoms with Gasteiger partial charge in [0.15, 0.2) is 11.5 Å². The molecule has 0 amide bonds. The highest BCUT2D eigenvalue weighted by atomic mass is 32.2. The molecule has 0 aliphatic carbocycles. The quantitative estimate of drug-likeness (QED) is 0.641. The van der Waals surface area contributed by atoms with Crippen molar-refractivity contribution in [2.75, 3.05) is 17.7 Å². The first-order chi connectivity index (χ1) is 10.2. The molecule has 0 radical (unpaired) electrons. The number of phenols is 2. The highest BCUT2D eigenvalue weighted by molar-refractivity contribution is 7.98. The lowest BCUT2D eigenvalue weighted by molar-refractivity contribution is 0.394. The van der Waals surface area contributed by atoms with Crippen LogP contribution in [0.15, 0.2) is 41.3 Å². The van der Waals surface area contributed by atoms with Crippen molar-refractivity contribution in [3.05, 3.63) is 42.0 Å². The second-order valence-corrected chi connectivity index (χ2v) is 6.04. The molecule has 2 aromatic rings. The summed E-state index contributed by atoms with van der Waals surface area (Å²) in [5.41, 5.74) is 3.27. The summed E-state index contributed by atoms with van der Waals surface area (Å²) in [7, 11) is 0. The van der Waals surface area contributed by atoms with Gasteiger partial charge in [-0.05, 0) is 43.2 Å². The van der Waals surface area contributed by atoms with Crippen molar-refractivity contribution in [1.82, 2.24) is 0 Å². The van der Waals surface area contributed by atoms with Crippen LogP contribution in [0.2, 0.25) is 0 Å². The summed E-state index contributed by atoms with van der Waals surface area (Å²) < 4.78 is 0. The van der Waals surface area contributed by atoms with Crippen LogP contribution < -0.4 is 4.90 Å². The highest BCUT2D eigenvalue weighted by Gasteiger charge is 2.23. The molecule has 1 heterocycles. The van der Waals surface area contributed by atoms with Crippen molar-refractivity contribution in [3.8, 4) is 11.5 Å². The maximum Gasteiger partial charge on any atom is 0.171 e. The minimum atomic E-state index is -0.0408. The van der Waals surface area contributed by atoms with Crippen LogP contribution >= 0.6 is 11.8 Å². The summed E-state index contributed by atoms with van der Waals surface area (Å²) >= 11 is 1.49. The molecule has 0 atom stereocenters. The number of thioether (sulfide) groups is 1. The molecule has 21 heavy (non-hydrogen) atoms. The lowest BCUT2D eigenvalue weighted by Gasteiger charge is -2.26. The van der Waals surface area contributed by atoms with Crippen molar-refractivity contribution in [2.45, 2.75) is 24.2 Å². The average Bonchev–Trinajstić information content (AvgIpc) is 2.72. The second kappa shape index (κ2) is 5.90. The summed E-state index contributed by atoms with van der Waals surface area (Å²) in [4.78, 5) is 3.04. The van der Waals surface area contributed by atoms with Crippen molar-refractivity contribution in [2.24, 2.45) is 0 Å². The lowest BCUT2D eigenvalue weighted by atomic mass is 10.1. The van der Waals surface area contributed by atoms with Crippen LogP contribution in [0.5, 0.6) is 11.5 Å². The third kappa shape index (κ3) is 2.56. The van der Waals surface area contributed by atoms with Crippen LogP contribution in [0.25, 0.3) is 0 Å². The van der Waals surface area contributed by atoms with Gasteiger partial charge in [-0.2, -0.15) is 0 Å². The zero-order valence-corrected chi connectivity index (χ0v) is 12.9. The van der Waals surface area contributed by atoms with Gasteiger partial charge in [0.05, 0.1) is 4.90 Å². The van der Waals surface area contributed by atoms with Crippen LogP contribution in [0.1, 0.15) is 18.4 Å². The molecule has 3 nitrogen and oxygen atoms in total. The first kappa shape index (κ1) is 14.1. The molecule has 4 heteroatoms. The lowest BCUT2D eigenvalue weighted by Crippen LogP contribution is -2.17. The molecule has 0 spiro atoms. The number of aromatic hydroxyl groups is 2. The molecule has 0 saturated heterocycles. The number of phenolic OH excluding ortho intramolecular Hbond substituents is 2. The summed E-state index contributed by atoms with van der Waals surface area (Å²) in [6, 6.07) is 11.9. The molecule has 0 saturated carbocycles. The van der Waals surface area contributed by atoms with E-state index in [0.717, 1.165) is 47.6 Å². The molecule has 0 bridgehead atoms. The van der Waals surface area contributed by atoms with E-state index in [0.29, 0.717) is 0 Å². The van der Waals surface area contributed by atoms with Crippen LogP contribution in [-0.4, -0.2) is 23.0 Å². The Morgan fingerprint density at radius 1 is 1.10 bits per heavy atom.